The van der Waals surface area contributed by atoms with Gasteiger partial charge in [-0.2, -0.15) is 0 Å². The van der Waals surface area contributed by atoms with Crippen molar-refractivity contribution in [1.29, 1.82) is 0 Å². The average molecular weight is 247 g/mol. The number of rotatable bonds is 1. The molecule has 0 fully saturated rings. The first-order chi connectivity index (χ1) is 8.00. The van der Waals surface area contributed by atoms with E-state index in [4.69, 9.17) is 11.6 Å². The maximum absolute atomic E-state index is 6.11. The van der Waals surface area contributed by atoms with Gasteiger partial charge in [-0.1, -0.05) is 29.8 Å². The Morgan fingerprint density at radius 2 is 1.65 bits per heavy atom. The van der Waals surface area contributed by atoms with Gasteiger partial charge in [-0.25, -0.2) is 9.97 Å². The van der Waals surface area contributed by atoms with E-state index in [2.05, 4.69) is 29.9 Å². The molecule has 0 saturated carbocycles. The highest BCUT2D eigenvalue weighted by Gasteiger charge is 2.10. The summed E-state index contributed by atoms with van der Waals surface area (Å²) in [7, 11) is 0. The Morgan fingerprint density at radius 1 is 0.941 bits per heavy atom. The Balaban J connectivity index is 2.65. The van der Waals surface area contributed by atoms with Crippen LogP contribution in [0.15, 0.2) is 18.2 Å². The van der Waals surface area contributed by atoms with Crippen LogP contribution in [0.4, 0.5) is 0 Å². The van der Waals surface area contributed by atoms with Crippen molar-refractivity contribution in [2.24, 2.45) is 0 Å². The molecule has 0 radical (unpaired) electrons. The second-order valence-corrected chi connectivity index (χ2v) is 4.65. The molecule has 0 N–H and O–H groups in total. The molecular weight excluding hydrogens is 232 g/mol. The molecule has 0 unspecified atom stereocenters. The second-order valence-electron chi connectivity index (χ2n) is 4.30. The molecule has 0 atom stereocenters. The zero-order valence-corrected chi connectivity index (χ0v) is 11.3. The Kier molecular flexibility index (Phi) is 3.16. The molecular formula is C14H15ClN2. The minimum Gasteiger partial charge on any atom is -0.233 e. The van der Waals surface area contributed by atoms with Gasteiger partial charge in [0.15, 0.2) is 5.82 Å². The Morgan fingerprint density at radius 3 is 2.29 bits per heavy atom. The van der Waals surface area contributed by atoms with Crippen LogP contribution in [0.5, 0.6) is 0 Å². The van der Waals surface area contributed by atoms with E-state index < -0.39 is 0 Å². The second kappa shape index (κ2) is 4.46. The normalized spacial score (nSPS) is 10.6. The number of halogens is 1. The minimum atomic E-state index is 0.536. The van der Waals surface area contributed by atoms with Gasteiger partial charge in [0, 0.05) is 16.8 Å². The van der Waals surface area contributed by atoms with Crippen molar-refractivity contribution >= 4 is 11.6 Å². The first-order valence-electron chi connectivity index (χ1n) is 5.58. The van der Waals surface area contributed by atoms with Gasteiger partial charge < -0.3 is 0 Å². The predicted molar refractivity (Wildman–Crippen MR) is 71.4 cm³/mol. The van der Waals surface area contributed by atoms with Gasteiger partial charge in [-0.05, 0) is 38.8 Å². The van der Waals surface area contributed by atoms with Crippen LogP contribution in [-0.2, 0) is 0 Å². The monoisotopic (exact) mass is 246 g/mol. The van der Waals surface area contributed by atoms with Gasteiger partial charge in [-0.15, -0.1) is 0 Å². The molecule has 0 aliphatic rings. The molecule has 0 aliphatic heterocycles. The smallest absolute Gasteiger partial charge is 0.161 e. The highest BCUT2D eigenvalue weighted by Crippen LogP contribution is 2.25. The Hall–Kier alpha value is -1.41. The van der Waals surface area contributed by atoms with Crippen molar-refractivity contribution in [3.05, 3.63) is 45.7 Å². The largest absolute Gasteiger partial charge is 0.233 e. The van der Waals surface area contributed by atoms with E-state index >= 15 is 0 Å². The highest BCUT2D eigenvalue weighted by molar-refractivity contribution is 6.30. The molecule has 0 bridgehead atoms. The molecule has 1 aromatic heterocycles. The molecule has 88 valence electrons. The zero-order chi connectivity index (χ0) is 12.6. The number of aromatic nitrogens is 2. The molecule has 0 spiro atoms. The van der Waals surface area contributed by atoms with Gasteiger partial charge in [0.2, 0.25) is 0 Å². The van der Waals surface area contributed by atoms with Crippen LogP contribution in [0.1, 0.15) is 22.4 Å². The number of hydrogen-bond acceptors (Lipinski definition) is 2. The summed E-state index contributed by atoms with van der Waals surface area (Å²) in [4.78, 5) is 8.87. The quantitative estimate of drug-likeness (QED) is 0.710. The summed E-state index contributed by atoms with van der Waals surface area (Å²) in [5, 5.41) is 0.536. The van der Waals surface area contributed by atoms with Crippen LogP contribution in [0.25, 0.3) is 11.4 Å². The summed E-state index contributed by atoms with van der Waals surface area (Å²) in [6.07, 6.45) is 0. The van der Waals surface area contributed by atoms with Crippen molar-refractivity contribution in [3.8, 4) is 11.4 Å². The van der Waals surface area contributed by atoms with E-state index in [0.717, 1.165) is 16.8 Å². The summed E-state index contributed by atoms with van der Waals surface area (Å²) in [5.41, 5.74) is 5.36. The van der Waals surface area contributed by atoms with E-state index in [0.29, 0.717) is 11.0 Å². The molecule has 2 rings (SSSR count). The molecule has 0 aliphatic carbocycles. The summed E-state index contributed by atoms with van der Waals surface area (Å²) >= 11 is 6.11. The number of aryl methyl sites for hydroxylation is 2. The van der Waals surface area contributed by atoms with Crippen molar-refractivity contribution in [2.75, 3.05) is 0 Å². The zero-order valence-electron chi connectivity index (χ0n) is 10.5. The van der Waals surface area contributed by atoms with Crippen LogP contribution in [0.3, 0.4) is 0 Å². The lowest BCUT2D eigenvalue weighted by atomic mass is 10.0. The topological polar surface area (TPSA) is 25.8 Å². The predicted octanol–water partition coefficient (Wildman–Crippen LogP) is 4.03. The van der Waals surface area contributed by atoms with Crippen molar-refractivity contribution in [3.63, 3.8) is 0 Å². The van der Waals surface area contributed by atoms with Crippen LogP contribution in [0, 0.1) is 27.7 Å². The molecule has 2 aromatic rings. The summed E-state index contributed by atoms with van der Waals surface area (Å²) < 4.78 is 0. The van der Waals surface area contributed by atoms with E-state index in [1.165, 1.54) is 11.1 Å². The molecule has 2 nitrogen and oxygen atoms in total. The third-order valence-corrected chi connectivity index (χ3v) is 3.54. The Bertz CT molecular complexity index is 553. The minimum absolute atomic E-state index is 0.536. The standard InChI is InChI=1S/C14H15ClN2/c1-8-6-5-7-12(9(8)2)14-16-11(4)10(3)13(15)17-14/h5-7H,1-4H3. The summed E-state index contributed by atoms with van der Waals surface area (Å²) in [5.74, 6) is 0.708. The SMILES string of the molecule is Cc1cccc(-c2nc(C)c(C)c(Cl)n2)c1C. The van der Waals surface area contributed by atoms with E-state index in [-0.39, 0.29) is 0 Å². The van der Waals surface area contributed by atoms with Crippen LogP contribution < -0.4 is 0 Å². The van der Waals surface area contributed by atoms with Crippen LogP contribution in [-0.4, -0.2) is 9.97 Å². The Labute approximate surface area is 107 Å². The summed E-state index contributed by atoms with van der Waals surface area (Å²) in [6.45, 7) is 8.06. The maximum atomic E-state index is 6.11. The van der Waals surface area contributed by atoms with E-state index in [1.807, 2.05) is 26.0 Å². The fraction of sp³-hybridized carbons (Fsp3) is 0.286. The van der Waals surface area contributed by atoms with Crippen molar-refractivity contribution < 1.29 is 0 Å². The molecule has 1 heterocycles. The maximum Gasteiger partial charge on any atom is 0.161 e. The van der Waals surface area contributed by atoms with Gasteiger partial charge in [0.05, 0.1) is 0 Å². The molecule has 0 saturated heterocycles. The molecule has 17 heavy (non-hydrogen) atoms. The fourth-order valence-electron chi connectivity index (χ4n) is 1.71. The summed E-state index contributed by atoms with van der Waals surface area (Å²) in [6, 6.07) is 6.13. The van der Waals surface area contributed by atoms with Gasteiger partial charge >= 0.3 is 0 Å². The first kappa shape index (κ1) is 12.1. The molecule has 1 aromatic carbocycles. The number of benzene rings is 1. The van der Waals surface area contributed by atoms with Gasteiger partial charge in [0.1, 0.15) is 5.15 Å². The van der Waals surface area contributed by atoms with Crippen LogP contribution >= 0.6 is 11.6 Å². The van der Waals surface area contributed by atoms with Gasteiger partial charge in [-0.3, -0.25) is 0 Å². The lowest BCUT2D eigenvalue weighted by molar-refractivity contribution is 1.07. The lowest BCUT2D eigenvalue weighted by Gasteiger charge is -2.09. The molecule has 0 amide bonds. The third kappa shape index (κ3) is 2.18. The first-order valence-corrected chi connectivity index (χ1v) is 5.96. The fourth-order valence-corrected chi connectivity index (χ4v) is 1.92. The average Bonchev–Trinajstić information content (AvgIpc) is 2.29. The van der Waals surface area contributed by atoms with E-state index in [9.17, 15) is 0 Å². The van der Waals surface area contributed by atoms with E-state index in [1.54, 1.807) is 0 Å². The van der Waals surface area contributed by atoms with Crippen molar-refractivity contribution in [2.45, 2.75) is 27.7 Å². The highest BCUT2D eigenvalue weighted by atomic mass is 35.5. The lowest BCUT2D eigenvalue weighted by Crippen LogP contribution is -1.98. The van der Waals surface area contributed by atoms with Crippen molar-refractivity contribution in [1.82, 2.24) is 9.97 Å². The third-order valence-electron chi connectivity index (χ3n) is 3.18. The number of nitrogens with zero attached hydrogens (tertiary/aromatic N) is 2. The van der Waals surface area contributed by atoms with Gasteiger partial charge in [0.25, 0.3) is 0 Å². The molecule has 3 heteroatoms. The number of hydrogen-bond donors (Lipinski definition) is 0. The van der Waals surface area contributed by atoms with Crippen LogP contribution in [0.2, 0.25) is 5.15 Å².